The number of aryl methyl sites for hydroxylation is 1. The van der Waals surface area contributed by atoms with Crippen molar-refractivity contribution in [2.45, 2.75) is 32.4 Å². The number of para-hydroxylation sites is 2. The summed E-state index contributed by atoms with van der Waals surface area (Å²) in [7, 11) is 0. The van der Waals surface area contributed by atoms with E-state index in [-0.39, 0.29) is 11.7 Å². The van der Waals surface area contributed by atoms with Gasteiger partial charge in [0.05, 0.1) is 23.7 Å². The summed E-state index contributed by atoms with van der Waals surface area (Å²) >= 11 is 0. The van der Waals surface area contributed by atoms with Gasteiger partial charge in [0.2, 0.25) is 5.78 Å². The minimum Gasteiger partial charge on any atom is -0.376 e. The molecule has 0 bridgehead atoms. The zero-order valence-corrected chi connectivity index (χ0v) is 12.0. The Morgan fingerprint density at radius 3 is 3.05 bits per heavy atom. The Hall–Kier alpha value is -2.14. The second-order valence-corrected chi connectivity index (χ2v) is 5.61. The molecule has 21 heavy (non-hydrogen) atoms. The van der Waals surface area contributed by atoms with Crippen LogP contribution in [0.2, 0.25) is 0 Å². The molecule has 0 unspecified atom stereocenters. The van der Waals surface area contributed by atoms with Gasteiger partial charge in [-0.3, -0.25) is 4.79 Å². The average Bonchev–Trinajstić information content (AvgIpc) is 3.10. The molecular weight excluding hydrogens is 266 g/mol. The quantitative estimate of drug-likeness (QED) is 0.724. The van der Waals surface area contributed by atoms with E-state index < -0.39 is 0 Å². The van der Waals surface area contributed by atoms with Gasteiger partial charge in [0.1, 0.15) is 0 Å². The fraction of sp³-hybridized carbons (Fsp3) is 0.375. The monoisotopic (exact) mass is 283 g/mol. The van der Waals surface area contributed by atoms with Crippen LogP contribution in [-0.4, -0.2) is 26.7 Å². The lowest BCUT2D eigenvalue weighted by Crippen LogP contribution is -2.23. The minimum atomic E-state index is -0.0280. The maximum atomic E-state index is 12.3. The molecule has 1 saturated heterocycles. The average molecular weight is 283 g/mol. The fourth-order valence-electron chi connectivity index (χ4n) is 3.11. The molecule has 1 aliphatic heterocycles. The van der Waals surface area contributed by atoms with Crippen LogP contribution in [0.5, 0.6) is 0 Å². The summed E-state index contributed by atoms with van der Waals surface area (Å²) in [6.07, 6.45) is 2.39. The maximum absolute atomic E-state index is 12.3. The summed E-state index contributed by atoms with van der Waals surface area (Å²) in [5, 5.41) is 0. The van der Waals surface area contributed by atoms with Gasteiger partial charge in [-0.25, -0.2) is 9.38 Å². The van der Waals surface area contributed by atoms with Gasteiger partial charge in [-0.05, 0) is 31.9 Å². The Morgan fingerprint density at radius 1 is 1.38 bits per heavy atom. The number of rotatable bonds is 2. The molecule has 1 aromatic carbocycles. The van der Waals surface area contributed by atoms with Crippen LogP contribution < -0.4 is 5.56 Å². The van der Waals surface area contributed by atoms with Gasteiger partial charge in [-0.2, -0.15) is 0 Å². The molecule has 0 N–H and O–H groups in total. The molecular formula is C16H17N3O2. The highest BCUT2D eigenvalue weighted by Crippen LogP contribution is 2.19. The molecule has 4 rings (SSSR count). The number of hydrogen-bond donors (Lipinski definition) is 0. The predicted octanol–water partition coefficient (Wildman–Crippen LogP) is 2.14. The van der Waals surface area contributed by atoms with Crippen molar-refractivity contribution in [2.75, 3.05) is 6.61 Å². The van der Waals surface area contributed by atoms with E-state index in [0.29, 0.717) is 5.78 Å². The van der Waals surface area contributed by atoms with Crippen LogP contribution in [-0.2, 0) is 11.3 Å². The molecule has 1 fully saturated rings. The third-order valence-electron chi connectivity index (χ3n) is 4.17. The third kappa shape index (κ3) is 1.96. The van der Waals surface area contributed by atoms with E-state index in [1.54, 1.807) is 10.5 Å². The third-order valence-corrected chi connectivity index (χ3v) is 4.17. The van der Waals surface area contributed by atoms with Gasteiger partial charge in [-0.15, -0.1) is 0 Å². The first kappa shape index (κ1) is 12.6. The fourth-order valence-corrected chi connectivity index (χ4v) is 3.11. The number of ether oxygens (including phenoxy) is 1. The Bertz CT molecular complexity index is 872. The van der Waals surface area contributed by atoms with Gasteiger partial charge >= 0.3 is 0 Å². The predicted molar refractivity (Wildman–Crippen MR) is 80.7 cm³/mol. The summed E-state index contributed by atoms with van der Waals surface area (Å²) in [6.45, 7) is 3.53. The SMILES string of the molecule is Cc1cc(=O)n2c3ccccc3nc2n1C[C@H]1CCCO1. The number of nitrogens with zero attached hydrogens (tertiary/aromatic N) is 3. The van der Waals surface area contributed by atoms with E-state index in [1.807, 2.05) is 31.2 Å². The van der Waals surface area contributed by atoms with E-state index in [2.05, 4.69) is 9.55 Å². The molecule has 3 aromatic rings. The van der Waals surface area contributed by atoms with Gasteiger partial charge in [-0.1, -0.05) is 12.1 Å². The summed E-state index contributed by atoms with van der Waals surface area (Å²) in [5.41, 5.74) is 2.61. The molecule has 5 heteroatoms. The first-order valence-corrected chi connectivity index (χ1v) is 7.33. The molecule has 108 valence electrons. The Labute approximate surface area is 121 Å². The van der Waals surface area contributed by atoms with Crippen molar-refractivity contribution in [3.8, 4) is 0 Å². The topological polar surface area (TPSA) is 48.5 Å². The lowest BCUT2D eigenvalue weighted by molar-refractivity contribution is 0.0970. The number of aromatic nitrogens is 3. The maximum Gasteiger partial charge on any atom is 0.259 e. The number of benzene rings is 1. The lowest BCUT2D eigenvalue weighted by atomic mass is 10.2. The van der Waals surface area contributed by atoms with Crippen LogP contribution in [0.4, 0.5) is 0 Å². The summed E-state index contributed by atoms with van der Waals surface area (Å²) in [6, 6.07) is 9.42. The van der Waals surface area contributed by atoms with E-state index in [0.717, 1.165) is 42.7 Å². The van der Waals surface area contributed by atoms with Crippen molar-refractivity contribution < 1.29 is 4.74 Å². The van der Waals surface area contributed by atoms with E-state index in [4.69, 9.17) is 4.74 Å². The number of hydrogen-bond acceptors (Lipinski definition) is 3. The van der Waals surface area contributed by atoms with Gasteiger partial charge in [0.25, 0.3) is 5.56 Å². The molecule has 0 amide bonds. The van der Waals surface area contributed by atoms with Crippen molar-refractivity contribution >= 4 is 16.8 Å². The van der Waals surface area contributed by atoms with E-state index in [1.165, 1.54) is 0 Å². The molecule has 5 nitrogen and oxygen atoms in total. The van der Waals surface area contributed by atoms with Crippen LogP contribution in [0, 0.1) is 6.92 Å². The van der Waals surface area contributed by atoms with E-state index in [9.17, 15) is 4.79 Å². The molecule has 2 aromatic heterocycles. The van der Waals surface area contributed by atoms with Crippen molar-refractivity contribution in [3.05, 3.63) is 46.4 Å². The minimum absolute atomic E-state index is 0.0280. The number of fused-ring (bicyclic) bond motifs is 3. The molecule has 3 heterocycles. The molecule has 0 aliphatic carbocycles. The largest absolute Gasteiger partial charge is 0.376 e. The molecule has 0 saturated carbocycles. The molecule has 0 radical (unpaired) electrons. The summed E-state index contributed by atoms with van der Waals surface area (Å²) in [5.74, 6) is 0.705. The first-order chi connectivity index (χ1) is 10.2. The normalized spacial score (nSPS) is 18.8. The summed E-state index contributed by atoms with van der Waals surface area (Å²) < 4.78 is 9.52. The van der Waals surface area contributed by atoms with Crippen LogP contribution in [0.25, 0.3) is 16.8 Å². The van der Waals surface area contributed by atoms with Crippen LogP contribution in [0.15, 0.2) is 35.1 Å². The Morgan fingerprint density at radius 2 is 2.24 bits per heavy atom. The van der Waals surface area contributed by atoms with Gasteiger partial charge < -0.3 is 9.30 Å². The highest BCUT2D eigenvalue weighted by atomic mass is 16.5. The second-order valence-electron chi connectivity index (χ2n) is 5.61. The lowest BCUT2D eigenvalue weighted by Gasteiger charge is -2.16. The van der Waals surface area contributed by atoms with Crippen LogP contribution >= 0.6 is 0 Å². The smallest absolute Gasteiger partial charge is 0.259 e. The zero-order valence-electron chi connectivity index (χ0n) is 12.0. The molecule has 1 aliphatic rings. The van der Waals surface area contributed by atoms with E-state index >= 15 is 0 Å². The Kier molecular flexibility index (Phi) is 2.82. The molecule has 1 atom stereocenters. The second kappa shape index (κ2) is 4.70. The highest BCUT2D eigenvalue weighted by molar-refractivity contribution is 5.79. The van der Waals surface area contributed by atoms with Crippen molar-refractivity contribution in [3.63, 3.8) is 0 Å². The van der Waals surface area contributed by atoms with Crippen molar-refractivity contribution in [2.24, 2.45) is 0 Å². The van der Waals surface area contributed by atoms with Crippen LogP contribution in [0.1, 0.15) is 18.5 Å². The Balaban J connectivity index is 1.98. The highest BCUT2D eigenvalue weighted by Gasteiger charge is 2.19. The van der Waals surface area contributed by atoms with Crippen molar-refractivity contribution in [1.29, 1.82) is 0 Å². The molecule has 0 spiro atoms. The summed E-state index contributed by atoms with van der Waals surface area (Å²) in [4.78, 5) is 17.0. The zero-order chi connectivity index (χ0) is 14.4. The van der Waals surface area contributed by atoms with Crippen molar-refractivity contribution in [1.82, 2.24) is 14.0 Å². The number of imidazole rings is 1. The van der Waals surface area contributed by atoms with Gasteiger partial charge in [0.15, 0.2) is 0 Å². The van der Waals surface area contributed by atoms with Crippen LogP contribution in [0.3, 0.4) is 0 Å². The van der Waals surface area contributed by atoms with Gasteiger partial charge in [0, 0.05) is 18.4 Å². The standard InChI is InChI=1S/C16H17N3O2/c1-11-9-15(20)19-14-7-3-2-6-13(14)17-16(19)18(11)10-12-5-4-8-21-12/h2-3,6-7,9,12H,4-5,8,10H2,1H3/t12-/m1/s1. The first-order valence-electron chi connectivity index (χ1n) is 7.33.